The van der Waals surface area contributed by atoms with Gasteiger partial charge in [0.05, 0.1) is 0 Å². The molecule has 0 radical (unpaired) electrons. The van der Waals surface area contributed by atoms with E-state index in [2.05, 4.69) is 17.2 Å². The molecular formula is C18H23N3O4. The molecule has 5 N–H and O–H groups in total. The number of nitrogens with one attached hydrogen (secondary N) is 2. The number of carbonyl (C=O) groups excluding carboxylic acids is 2. The zero-order chi connectivity index (χ0) is 18.8. The molecule has 1 aromatic carbocycles. The summed E-state index contributed by atoms with van der Waals surface area (Å²) in [5.74, 6) is 5.02. The molecule has 0 saturated carbocycles. The first-order chi connectivity index (χ1) is 11.8. The van der Waals surface area contributed by atoms with Gasteiger partial charge >= 0.3 is 0 Å². The molecule has 0 spiro atoms. The summed E-state index contributed by atoms with van der Waals surface area (Å²) in [6, 6.07) is 4.67. The Morgan fingerprint density at radius 1 is 1.32 bits per heavy atom. The van der Waals surface area contributed by atoms with Crippen molar-refractivity contribution < 1.29 is 19.5 Å². The Bertz CT molecular complexity index is 681. The van der Waals surface area contributed by atoms with Crippen LogP contribution in [0.2, 0.25) is 0 Å². The van der Waals surface area contributed by atoms with Gasteiger partial charge in [0.15, 0.2) is 0 Å². The molecule has 0 bridgehead atoms. The highest BCUT2D eigenvalue weighted by molar-refractivity contribution is 5.97. The standard InChI is InChI=1S/C18H23N3O4/c1-12(2)6-4-5-11-25-15-9-7-14(8-10-15)17(22)20-16(13(3)19)18(23)21-24/h6-10,13,16,24H,11,19H2,1-3H3,(H,20,22)(H,21,23)/t13-,16+/m1/s1. The minimum absolute atomic E-state index is 0.235. The molecule has 2 atom stereocenters. The summed E-state index contributed by atoms with van der Waals surface area (Å²) < 4.78 is 5.45. The molecule has 0 unspecified atom stereocenters. The van der Waals surface area contributed by atoms with Crippen LogP contribution in [0.1, 0.15) is 31.1 Å². The van der Waals surface area contributed by atoms with Crippen LogP contribution in [0.15, 0.2) is 35.9 Å². The van der Waals surface area contributed by atoms with Gasteiger partial charge in [0.1, 0.15) is 18.4 Å². The maximum Gasteiger partial charge on any atom is 0.267 e. The lowest BCUT2D eigenvalue weighted by molar-refractivity contribution is -0.131. The largest absolute Gasteiger partial charge is 0.481 e. The van der Waals surface area contributed by atoms with Gasteiger partial charge in [-0.15, -0.1) is 0 Å². The van der Waals surface area contributed by atoms with Crippen molar-refractivity contribution in [2.45, 2.75) is 32.9 Å². The van der Waals surface area contributed by atoms with E-state index in [0.717, 1.165) is 5.57 Å². The summed E-state index contributed by atoms with van der Waals surface area (Å²) in [7, 11) is 0. The number of hydrogen-bond donors (Lipinski definition) is 4. The van der Waals surface area contributed by atoms with E-state index in [1.807, 2.05) is 13.8 Å². The van der Waals surface area contributed by atoms with Gasteiger partial charge in [-0.1, -0.05) is 17.4 Å². The highest BCUT2D eigenvalue weighted by Gasteiger charge is 2.24. The second kappa shape index (κ2) is 10.1. The second-order valence-electron chi connectivity index (χ2n) is 5.64. The van der Waals surface area contributed by atoms with Crippen molar-refractivity contribution in [3.8, 4) is 17.6 Å². The smallest absolute Gasteiger partial charge is 0.267 e. The topological polar surface area (TPSA) is 114 Å². The molecule has 0 aliphatic rings. The first kappa shape index (κ1) is 20.2. The number of hydrogen-bond acceptors (Lipinski definition) is 5. The van der Waals surface area contributed by atoms with Crippen molar-refractivity contribution in [1.29, 1.82) is 0 Å². The minimum atomic E-state index is -1.04. The van der Waals surface area contributed by atoms with Crippen molar-refractivity contribution in [3.05, 3.63) is 41.5 Å². The molecule has 7 heteroatoms. The fourth-order valence-electron chi connectivity index (χ4n) is 1.79. The van der Waals surface area contributed by atoms with Gasteiger partial charge < -0.3 is 15.8 Å². The molecule has 25 heavy (non-hydrogen) atoms. The lowest BCUT2D eigenvalue weighted by atomic mass is 10.1. The molecule has 0 heterocycles. The number of carbonyl (C=O) groups is 2. The molecule has 1 aromatic rings. The molecular weight excluding hydrogens is 322 g/mol. The molecule has 2 amide bonds. The molecule has 1 rings (SSSR count). The van der Waals surface area contributed by atoms with Gasteiger partial charge in [0, 0.05) is 11.6 Å². The van der Waals surface area contributed by atoms with E-state index in [9.17, 15) is 9.59 Å². The Balaban J connectivity index is 2.65. The SMILES string of the molecule is CC(C)=CC#CCOc1ccc(C(=O)N[C@H](C(=O)NO)[C@@H](C)N)cc1. The summed E-state index contributed by atoms with van der Waals surface area (Å²) in [4.78, 5) is 23.7. The number of hydroxylamine groups is 1. The maximum absolute atomic E-state index is 12.2. The lowest BCUT2D eigenvalue weighted by Crippen LogP contribution is -2.54. The van der Waals surface area contributed by atoms with Crippen molar-refractivity contribution in [2.24, 2.45) is 5.73 Å². The van der Waals surface area contributed by atoms with Crippen LogP contribution in [-0.2, 0) is 4.79 Å². The summed E-state index contributed by atoms with van der Waals surface area (Å²) >= 11 is 0. The van der Waals surface area contributed by atoms with Crippen LogP contribution in [0.4, 0.5) is 0 Å². The number of amides is 2. The quantitative estimate of drug-likeness (QED) is 0.349. The average Bonchev–Trinajstić information content (AvgIpc) is 2.58. The predicted molar refractivity (Wildman–Crippen MR) is 94.0 cm³/mol. The lowest BCUT2D eigenvalue weighted by Gasteiger charge is -2.20. The normalized spacial score (nSPS) is 12.0. The van der Waals surface area contributed by atoms with Crippen molar-refractivity contribution in [2.75, 3.05) is 6.61 Å². The van der Waals surface area contributed by atoms with E-state index < -0.39 is 23.9 Å². The average molecular weight is 345 g/mol. The molecule has 0 aromatic heterocycles. The minimum Gasteiger partial charge on any atom is -0.481 e. The van der Waals surface area contributed by atoms with Crippen molar-refractivity contribution in [1.82, 2.24) is 10.8 Å². The summed E-state index contributed by atoms with van der Waals surface area (Å²) in [5, 5.41) is 11.2. The third-order valence-electron chi connectivity index (χ3n) is 3.10. The monoisotopic (exact) mass is 345 g/mol. The maximum atomic E-state index is 12.2. The van der Waals surface area contributed by atoms with Crippen LogP contribution in [0, 0.1) is 11.8 Å². The van der Waals surface area contributed by atoms with E-state index in [1.54, 1.807) is 37.3 Å². The number of rotatable bonds is 6. The number of allylic oxidation sites excluding steroid dienone is 2. The highest BCUT2D eigenvalue weighted by Crippen LogP contribution is 2.12. The third-order valence-corrected chi connectivity index (χ3v) is 3.10. The Morgan fingerprint density at radius 2 is 1.96 bits per heavy atom. The Morgan fingerprint density at radius 3 is 2.48 bits per heavy atom. The number of nitrogens with two attached hydrogens (primary N) is 1. The van der Waals surface area contributed by atoms with Gasteiger partial charge in [-0.3, -0.25) is 14.8 Å². The zero-order valence-electron chi connectivity index (χ0n) is 14.5. The van der Waals surface area contributed by atoms with E-state index in [-0.39, 0.29) is 6.61 Å². The molecule has 0 fully saturated rings. The first-order valence-electron chi connectivity index (χ1n) is 7.70. The second-order valence-corrected chi connectivity index (χ2v) is 5.64. The van der Waals surface area contributed by atoms with Crippen molar-refractivity contribution in [3.63, 3.8) is 0 Å². The van der Waals surface area contributed by atoms with Crippen LogP contribution in [0.3, 0.4) is 0 Å². The molecule has 7 nitrogen and oxygen atoms in total. The van der Waals surface area contributed by atoms with Crippen LogP contribution in [-0.4, -0.2) is 35.7 Å². The van der Waals surface area contributed by atoms with Crippen molar-refractivity contribution >= 4 is 11.8 Å². The summed E-state index contributed by atoms with van der Waals surface area (Å²) in [6.45, 7) is 5.70. The Hall–Kier alpha value is -2.82. The van der Waals surface area contributed by atoms with Gasteiger partial charge in [0.25, 0.3) is 11.8 Å². The van der Waals surface area contributed by atoms with Gasteiger partial charge in [-0.05, 0) is 51.1 Å². The van der Waals surface area contributed by atoms with E-state index in [4.69, 9.17) is 15.7 Å². The fraction of sp³-hybridized carbons (Fsp3) is 0.333. The Labute approximate surface area is 147 Å². The predicted octanol–water partition coefficient (Wildman–Crippen LogP) is 0.986. The van der Waals surface area contributed by atoms with E-state index in [0.29, 0.717) is 11.3 Å². The number of ether oxygens (including phenoxy) is 1. The van der Waals surface area contributed by atoms with Crippen LogP contribution in [0.25, 0.3) is 0 Å². The zero-order valence-corrected chi connectivity index (χ0v) is 14.5. The fourth-order valence-corrected chi connectivity index (χ4v) is 1.79. The van der Waals surface area contributed by atoms with E-state index in [1.165, 1.54) is 5.48 Å². The molecule has 0 saturated heterocycles. The highest BCUT2D eigenvalue weighted by atomic mass is 16.5. The Kier molecular flexibility index (Phi) is 8.19. The molecule has 134 valence electrons. The summed E-state index contributed by atoms with van der Waals surface area (Å²) in [6.07, 6.45) is 1.80. The van der Waals surface area contributed by atoms with E-state index >= 15 is 0 Å². The molecule has 0 aliphatic carbocycles. The number of benzene rings is 1. The molecule has 0 aliphatic heterocycles. The third kappa shape index (κ3) is 7.08. The van der Waals surface area contributed by atoms with Crippen LogP contribution < -0.4 is 21.3 Å². The van der Waals surface area contributed by atoms with Gasteiger partial charge in [-0.2, -0.15) is 0 Å². The van der Waals surface area contributed by atoms with Crippen LogP contribution in [0.5, 0.6) is 5.75 Å². The first-order valence-corrected chi connectivity index (χ1v) is 7.70. The van der Waals surface area contributed by atoms with Gasteiger partial charge in [0.2, 0.25) is 0 Å². The van der Waals surface area contributed by atoms with Crippen LogP contribution >= 0.6 is 0 Å². The van der Waals surface area contributed by atoms with Gasteiger partial charge in [-0.25, -0.2) is 5.48 Å². The summed E-state index contributed by atoms with van der Waals surface area (Å²) in [5.41, 5.74) is 8.57.